The molecule has 0 saturated heterocycles. The molecule has 0 atom stereocenters. The van der Waals surface area contributed by atoms with Crippen LogP contribution in [0, 0.1) is 0 Å². The van der Waals surface area contributed by atoms with E-state index in [-0.39, 0.29) is 21.1 Å². The van der Waals surface area contributed by atoms with Crippen LogP contribution in [0.15, 0.2) is 328 Å². The Bertz CT molecular complexity index is 6780. The van der Waals surface area contributed by atoms with E-state index >= 15 is 0 Å². The fourth-order valence-electron chi connectivity index (χ4n) is 15.9. The molecule has 0 unspecified atom stereocenters. The van der Waals surface area contributed by atoms with Gasteiger partial charge in [0, 0.05) is 50.7 Å². The van der Waals surface area contributed by atoms with Crippen molar-refractivity contribution in [2.24, 2.45) is 0 Å². The third-order valence-corrected chi connectivity index (χ3v) is 22.8. The second-order valence-electron chi connectivity index (χ2n) is 25.9. The minimum absolute atomic E-state index is 0. The molecule has 483 valence electrons. The number of hydrogen-bond acceptors (Lipinski definition) is 7. The number of thiophene rings is 2. The maximum Gasteiger partial charge on any atom is 0.235 e. The average Bonchev–Trinajstić information content (AvgIpc) is 0.810. The summed E-state index contributed by atoms with van der Waals surface area (Å²) >= 11 is 9.88. The number of hydrogen-bond donors (Lipinski definition) is 0. The molecule has 0 fully saturated rings. The summed E-state index contributed by atoms with van der Waals surface area (Å²) in [6.45, 7) is 0. The fourth-order valence-corrected chi connectivity index (χ4v) is 18.4. The molecule has 0 amide bonds. The molecule has 22 rings (SSSR count). The molecule has 2 aliphatic rings. The van der Waals surface area contributed by atoms with Gasteiger partial charge >= 0.3 is 0 Å². The van der Waals surface area contributed by atoms with E-state index in [0.29, 0.717) is 5.95 Å². The van der Waals surface area contributed by atoms with Gasteiger partial charge in [0.05, 0.1) is 43.2 Å². The molecule has 103 heavy (non-hydrogen) atoms. The summed E-state index contributed by atoms with van der Waals surface area (Å²) in [5.41, 5.74) is 21.1. The van der Waals surface area contributed by atoms with E-state index in [9.17, 15) is 0 Å². The number of benzene rings is 16. The molecular formula is C94H60BClN5S2. The molecule has 1 aliphatic heterocycles. The van der Waals surface area contributed by atoms with Gasteiger partial charge in [-0.25, -0.2) is 19.9 Å². The molecule has 9 heteroatoms. The first-order valence-electron chi connectivity index (χ1n) is 34.1. The van der Waals surface area contributed by atoms with Gasteiger partial charge < -0.3 is 0 Å². The number of halogens is 1. The number of aromatic nitrogens is 4. The second kappa shape index (κ2) is 25.8. The molecule has 0 spiro atoms. The first-order chi connectivity index (χ1) is 50.0. The van der Waals surface area contributed by atoms with Crippen LogP contribution < -0.4 is 4.90 Å². The van der Waals surface area contributed by atoms with E-state index in [4.69, 9.17) is 21.6 Å². The summed E-state index contributed by atoms with van der Waals surface area (Å²) in [5.74, 6) is 0.672. The van der Waals surface area contributed by atoms with Crippen LogP contribution in [-0.4, -0.2) is 28.3 Å². The Kier molecular flexibility index (Phi) is 15.8. The molecule has 20 aromatic rings. The van der Waals surface area contributed by atoms with Crippen molar-refractivity contribution in [2.45, 2.75) is 13.8 Å². The Morgan fingerprint density at radius 3 is 1.30 bits per heavy atom. The smallest absolute Gasteiger partial charge is 0.235 e. The molecule has 1 aliphatic carbocycles. The van der Waals surface area contributed by atoms with Crippen molar-refractivity contribution in [2.75, 3.05) is 4.90 Å². The van der Waals surface area contributed by atoms with Gasteiger partial charge in [0.2, 0.25) is 11.2 Å². The van der Waals surface area contributed by atoms with E-state index < -0.39 is 0 Å². The van der Waals surface area contributed by atoms with Crippen LogP contribution >= 0.6 is 34.3 Å². The van der Waals surface area contributed by atoms with Crippen LogP contribution in [0.2, 0.25) is 5.28 Å². The third-order valence-electron chi connectivity index (χ3n) is 20.3. The highest BCUT2D eigenvalue weighted by atomic mass is 35.5. The Labute approximate surface area is 610 Å². The second-order valence-corrected chi connectivity index (χ2v) is 28.4. The van der Waals surface area contributed by atoms with Gasteiger partial charge in [-0.05, 0) is 152 Å². The molecule has 5 nitrogen and oxygen atoms in total. The summed E-state index contributed by atoms with van der Waals surface area (Å²) < 4.78 is 4.56. The van der Waals surface area contributed by atoms with E-state index in [0.717, 1.165) is 76.9 Å². The van der Waals surface area contributed by atoms with Crippen LogP contribution in [0.5, 0.6) is 0 Å². The lowest BCUT2D eigenvalue weighted by atomic mass is 9.81. The van der Waals surface area contributed by atoms with E-state index in [1.54, 1.807) is 22.7 Å². The van der Waals surface area contributed by atoms with Gasteiger partial charge in [-0.2, -0.15) is 0 Å². The highest BCUT2D eigenvalue weighted by molar-refractivity contribution is 7.26. The molecule has 0 saturated carbocycles. The topological polar surface area (TPSA) is 54.8 Å². The van der Waals surface area contributed by atoms with Gasteiger partial charge in [-0.3, -0.25) is 4.90 Å². The lowest BCUT2D eigenvalue weighted by Gasteiger charge is -2.33. The Balaban J connectivity index is 0.000000121. The zero-order chi connectivity index (χ0) is 66.7. The predicted octanol–water partition coefficient (Wildman–Crippen LogP) is 26.9. The SMILES string of the molecule is C.Clc1nc(-c2ccc(-c3ccccc3)c3ccccc23)c2sc3ccccc3c2n1.[B].c1ccc(-c2ccc(-c3nc(N4c5ccc6ccccc6c5-c5cccc6cccc4c56)nc4c3sc3ccccc34)c3ccccc23)cc1.c1ccc2c3c(ccc2c1)Cc1cccc2cccc-3c12. The Morgan fingerprint density at radius 2 is 0.718 bits per heavy atom. The number of fused-ring (bicyclic) bond motifs is 16. The van der Waals surface area contributed by atoms with Crippen molar-refractivity contribution >= 4 is 165 Å². The zero-order valence-corrected chi connectivity index (χ0v) is 57.3. The molecule has 16 aromatic carbocycles. The molecule has 5 heterocycles. The van der Waals surface area contributed by atoms with Gasteiger partial charge in [0.15, 0.2) is 0 Å². The number of rotatable bonds is 5. The summed E-state index contributed by atoms with van der Waals surface area (Å²) in [5, 5.41) is 17.6. The van der Waals surface area contributed by atoms with Crippen molar-refractivity contribution in [3.63, 3.8) is 0 Å². The predicted molar refractivity (Wildman–Crippen MR) is 442 cm³/mol. The lowest BCUT2D eigenvalue weighted by Crippen LogP contribution is -2.18. The third kappa shape index (κ3) is 10.4. The lowest BCUT2D eigenvalue weighted by molar-refractivity contribution is 1.12. The van der Waals surface area contributed by atoms with Gasteiger partial charge in [-0.15, -0.1) is 22.7 Å². The minimum Gasteiger partial charge on any atom is -0.278 e. The first-order valence-corrected chi connectivity index (χ1v) is 36.1. The van der Waals surface area contributed by atoms with Crippen LogP contribution in [-0.2, 0) is 6.42 Å². The highest BCUT2D eigenvalue weighted by Gasteiger charge is 2.31. The normalized spacial score (nSPS) is 11.9. The maximum atomic E-state index is 6.39. The number of anilines is 3. The highest BCUT2D eigenvalue weighted by Crippen LogP contribution is 2.54. The largest absolute Gasteiger partial charge is 0.278 e. The van der Waals surface area contributed by atoms with Crippen molar-refractivity contribution in [1.82, 2.24) is 19.9 Å². The van der Waals surface area contributed by atoms with Crippen molar-refractivity contribution in [3.05, 3.63) is 344 Å². The zero-order valence-electron chi connectivity index (χ0n) is 54.9. The molecule has 0 N–H and O–H groups in total. The Morgan fingerprint density at radius 1 is 0.291 bits per heavy atom. The molecule has 4 aromatic heterocycles. The van der Waals surface area contributed by atoms with Crippen LogP contribution in [0.3, 0.4) is 0 Å². The average molecular weight is 1370 g/mol. The van der Waals surface area contributed by atoms with Crippen LogP contribution in [0.1, 0.15) is 18.6 Å². The fraction of sp³-hybridized carbons (Fsp3) is 0.0213. The minimum atomic E-state index is 0. The maximum absolute atomic E-state index is 6.39. The molecule has 3 radical (unpaired) electrons. The quantitative estimate of drug-likeness (QED) is 0.127. The Hall–Kier alpha value is -12.2. The first kappa shape index (κ1) is 63.0. The van der Waals surface area contributed by atoms with Crippen LogP contribution in [0.25, 0.3) is 172 Å². The summed E-state index contributed by atoms with van der Waals surface area (Å²) in [4.78, 5) is 22.6. The molecule has 0 bridgehead atoms. The van der Waals surface area contributed by atoms with Crippen molar-refractivity contribution in [1.29, 1.82) is 0 Å². The molecular weight excluding hydrogens is 1310 g/mol. The van der Waals surface area contributed by atoms with E-state index in [1.807, 2.05) is 12.1 Å². The van der Waals surface area contributed by atoms with Gasteiger partial charge in [0.25, 0.3) is 0 Å². The van der Waals surface area contributed by atoms with E-state index in [1.165, 1.54) is 124 Å². The van der Waals surface area contributed by atoms with Crippen molar-refractivity contribution in [3.8, 4) is 67.0 Å². The van der Waals surface area contributed by atoms with Crippen LogP contribution in [0.4, 0.5) is 17.3 Å². The van der Waals surface area contributed by atoms with Gasteiger partial charge in [0.1, 0.15) is 0 Å². The van der Waals surface area contributed by atoms with Gasteiger partial charge in [-0.1, -0.05) is 311 Å². The standard InChI is InChI=1S/C46H27N3S.C26H15ClN2S.C21H14.CH4.B/c1-2-12-28(13-3-1)31-25-26-35(34-19-7-6-18-33(31)34)43-45-44(36-20-8-9-23-40(36)50-45)48-46(47-43)49-38-22-11-16-30-15-10-21-37(41(30)38)42-32-17-5-4-14-29(32)24-27-39(42)49;27-26-28-23(25-24(29-26)21-12-6-7-13-22(21)30-25)20-15-14-17(16-8-2-1-3-9-16)18-10-4-5-11-19(18)20;1-2-9-18-14(5-1)11-12-17-13-16-8-3-6-15-7-4-10-19(20(15)16)21(17)18;;/h1-27H;1-15H;1-12H,13H2;1H4;. The van der Waals surface area contributed by atoms with Crippen molar-refractivity contribution < 1.29 is 0 Å². The van der Waals surface area contributed by atoms with E-state index in [2.05, 4.69) is 330 Å². The summed E-state index contributed by atoms with van der Waals surface area (Å²) in [7, 11) is 0. The summed E-state index contributed by atoms with van der Waals surface area (Å²) in [6.07, 6.45) is 1.04. The summed E-state index contributed by atoms with van der Waals surface area (Å²) in [6, 6.07) is 117. The number of nitrogens with zero attached hydrogens (tertiary/aromatic N) is 5. The monoisotopic (exact) mass is 1370 g/mol.